The number of aromatic nitrogens is 5. The van der Waals surface area contributed by atoms with Crippen molar-refractivity contribution in [3.63, 3.8) is 0 Å². The summed E-state index contributed by atoms with van der Waals surface area (Å²) in [7, 11) is 0. The molecule has 1 fully saturated rings. The molecule has 1 N–H and O–H groups in total. The van der Waals surface area contributed by atoms with Crippen molar-refractivity contribution in [1.29, 1.82) is 0 Å². The molecule has 1 saturated heterocycles. The molecule has 0 aliphatic carbocycles. The Kier molecular flexibility index (Phi) is 4.69. The van der Waals surface area contributed by atoms with Crippen molar-refractivity contribution in [3.05, 3.63) is 66.1 Å². The van der Waals surface area contributed by atoms with Crippen molar-refractivity contribution in [2.45, 2.75) is 25.8 Å². The Morgan fingerprint density at radius 3 is 2.81 bits per heavy atom. The highest BCUT2D eigenvalue weighted by Gasteiger charge is 2.32. The van der Waals surface area contributed by atoms with Crippen LogP contribution in [0.2, 0.25) is 0 Å². The van der Waals surface area contributed by atoms with Gasteiger partial charge in [0.05, 0.1) is 17.9 Å². The van der Waals surface area contributed by atoms with Gasteiger partial charge in [-0.15, -0.1) is 0 Å². The smallest absolute Gasteiger partial charge is 0.274 e. The zero-order valence-corrected chi connectivity index (χ0v) is 14.9. The molecule has 0 saturated carbocycles. The van der Waals surface area contributed by atoms with Crippen molar-refractivity contribution < 1.29 is 4.79 Å². The zero-order chi connectivity index (χ0) is 18.6. The Bertz CT molecular complexity index is 930. The van der Waals surface area contributed by atoms with E-state index in [9.17, 15) is 4.79 Å². The molecule has 8 nitrogen and oxygen atoms in total. The van der Waals surface area contributed by atoms with E-state index in [0.717, 1.165) is 24.1 Å². The number of anilines is 2. The molecule has 27 heavy (non-hydrogen) atoms. The SMILES string of the molecule is Cc1ccc(Nc2nccc([C@H]3CCCN3C(=O)c3cnccn3)n2)nc1. The second kappa shape index (κ2) is 7.45. The summed E-state index contributed by atoms with van der Waals surface area (Å²) in [5, 5.41) is 3.11. The Hall–Kier alpha value is -3.42. The second-order valence-electron chi connectivity index (χ2n) is 6.40. The van der Waals surface area contributed by atoms with E-state index in [1.165, 1.54) is 12.4 Å². The topological polar surface area (TPSA) is 96.8 Å². The number of rotatable bonds is 4. The van der Waals surface area contributed by atoms with Crippen molar-refractivity contribution in [1.82, 2.24) is 29.8 Å². The number of nitrogens with zero attached hydrogens (tertiary/aromatic N) is 6. The summed E-state index contributed by atoms with van der Waals surface area (Å²) < 4.78 is 0. The number of carbonyl (C=O) groups excluding carboxylic acids is 1. The van der Waals surface area contributed by atoms with E-state index in [1.807, 2.05) is 25.1 Å². The van der Waals surface area contributed by atoms with Crippen molar-refractivity contribution >= 4 is 17.7 Å². The molecule has 4 rings (SSSR count). The fourth-order valence-corrected chi connectivity index (χ4v) is 3.15. The number of nitrogens with one attached hydrogen (secondary N) is 1. The van der Waals surface area contributed by atoms with Crippen LogP contribution >= 0.6 is 0 Å². The maximum Gasteiger partial charge on any atom is 0.274 e. The third-order valence-corrected chi connectivity index (χ3v) is 4.47. The summed E-state index contributed by atoms with van der Waals surface area (Å²) in [6, 6.07) is 5.59. The molecule has 136 valence electrons. The number of hydrogen-bond acceptors (Lipinski definition) is 7. The molecule has 0 bridgehead atoms. The fourth-order valence-electron chi connectivity index (χ4n) is 3.15. The number of likely N-dealkylation sites (tertiary alicyclic amines) is 1. The largest absolute Gasteiger partial charge is 0.329 e. The van der Waals surface area contributed by atoms with Crippen LogP contribution in [0.25, 0.3) is 0 Å². The number of hydrogen-bond donors (Lipinski definition) is 1. The monoisotopic (exact) mass is 361 g/mol. The quantitative estimate of drug-likeness (QED) is 0.763. The summed E-state index contributed by atoms with van der Waals surface area (Å²) in [4.78, 5) is 35.9. The Balaban J connectivity index is 1.55. The summed E-state index contributed by atoms with van der Waals surface area (Å²) in [6.45, 7) is 2.66. The molecule has 1 amide bonds. The Labute approximate surface area is 156 Å². The van der Waals surface area contributed by atoms with Crippen LogP contribution in [0, 0.1) is 6.92 Å². The minimum Gasteiger partial charge on any atom is -0.329 e. The van der Waals surface area contributed by atoms with E-state index in [1.54, 1.807) is 23.5 Å². The lowest BCUT2D eigenvalue weighted by molar-refractivity contribution is 0.0726. The van der Waals surface area contributed by atoms with Crippen LogP contribution in [0.4, 0.5) is 11.8 Å². The highest BCUT2D eigenvalue weighted by molar-refractivity contribution is 5.92. The molecule has 8 heteroatoms. The van der Waals surface area contributed by atoms with Gasteiger partial charge in [-0.05, 0) is 37.5 Å². The average molecular weight is 361 g/mol. The summed E-state index contributed by atoms with van der Waals surface area (Å²) >= 11 is 0. The fraction of sp³-hybridized carbons (Fsp3) is 0.263. The minimum absolute atomic E-state index is 0.103. The normalized spacial score (nSPS) is 16.3. The lowest BCUT2D eigenvalue weighted by atomic mass is 10.1. The highest BCUT2D eigenvalue weighted by atomic mass is 16.2. The summed E-state index contributed by atoms with van der Waals surface area (Å²) in [6.07, 6.45) is 9.83. The van der Waals surface area contributed by atoms with Crippen LogP contribution in [0.3, 0.4) is 0 Å². The number of carbonyl (C=O) groups is 1. The number of pyridine rings is 1. The van der Waals surface area contributed by atoms with Crippen LogP contribution in [0.15, 0.2) is 49.2 Å². The van der Waals surface area contributed by atoms with Crippen LogP contribution in [0.1, 0.15) is 40.6 Å². The first-order chi connectivity index (χ1) is 13.2. The van der Waals surface area contributed by atoms with Crippen molar-refractivity contribution in [2.75, 3.05) is 11.9 Å². The van der Waals surface area contributed by atoms with Crippen LogP contribution in [0.5, 0.6) is 0 Å². The van der Waals surface area contributed by atoms with Crippen LogP contribution < -0.4 is 5.32 Å². The maximum atomic E-state index is 12.8. The van der Waals surface area contributed by atoms with Crippen LogP contribution in [-0.2, 0) is 0 Å². The van der Waals surface area contributed by atoms with Gasteiger partial charge in [0.2, 0.25) is 5.95 Å². The van der Waals surface area contributed by atoms with Crippen molar-refractivity contribution in [2.24, 2.45) is 0 Å². The first-order valence-corrected chi connectivity index (χ1v) is 8.80. The van der Waals surface area contributed by atoms with Crippen molar-refractivity contribution in [3.8, 4) is 0 Å². The molecule has 3 aromatic rings. The molecule has 1 aliphatic heterocycles. The molecule has 1 aliphatic rings. The molecule has 0 unspecified atom stereocenters. The molecule has 1 atom stereocenters. The standard InChI is InChI=1S/C19H19N7O/c1-13-4-5-17(23-11-13)25-19-22-7-6-14(24-19)16-3-2-10-26(16)18(27)15-12-20-8-9-21-15/h4-9,11-12,16H,2-3,10H2,1H3,(H,22,23,24,25)/t16-/m1/s1. The third kappa shape index (κ3) is 3.74. The highest BCUT2D eigenvalue weighted by Crippen LogP contribution is 2.32. The Morgan fingerprint density at radius 2 is 2.04 bits per heavy atom. The summed E-state index contributed by atoms with van der Waals surface area (Å²) in [5.74, 6) is 1.01. The van der Waals surface area contributed by atoms with Crippen LogP contribution in [-0.4, -0.2) is 42.3 Å². The zero-order valence-electron chi connectivity index (χ0n) is 14.9. The lowest BCUT2D eigenvalue weighted by Crippen LogP contribution is -2.31. The van der Waals surface area contributed by atoms with E-state index < -0.39 is 0 Å². The van der Waals surface area contributed by atoms with Gasteiger partial charge in [0.15, 0.2) is 0 Å². The molecule has 0 radical (unpaired) electrons. The second-order valence-corrected chi connectivity index (χ2v) is 6.40. The van der Waals surface area contributed by atoms with E-state index in [4.69, 9.17) is 0 Å². The van der Waals surface area contributed by atoms with Gasteiger partial charge in [0.1, 0.15) is 11.5 Å². The van der Waals surface area contributed by atoms with Gasteiger partial charge in [0.25, 0.3) is 5.91 Å². The molecule has 3 aromatic heterocycles. The number of aryl methyl sites for hydroxylation is 1. The van der Waals surface area contributed by atoms with Gasteiger partial charge in [-0.1, -0.05) is 6.07 Å². The first kappa shape index (κ1) is 17.0. The van der Waals surface area contributed by atoms with Gasteiger partial charge in [0, 0.05) is 31.3 Å². The predicted octanol–water partition coefficient (Wildman–Crippen LogP) is 2.69. The molecular weight excluding hydrogens is 342 g/mol. The molecule has 0 aromatic carbocycles. The van der Waals surface area contributed by atoms with Gasteiger partial charge >= 0.3 is 0 Å². The maximum absolute atomic E-state index is 12.8. The Morgan fingerprint density at radius 1 is 1.11 bits per heavy atom. The molecular formula is C19H19N7O. The van der Waals surface area contributed by atoms with E-state index in [-0.39, 0.29) is 11.9 Å². The molecule has 4 heterocycles. The van der Waals surface area contributed by atoms with E-state index in [2.05, 4.69) is 30.2 Å². The molecule has 0 spiro atoms. The number of amides is 1. The average Bonchev–Trinajstić information content (AvgIpc) is 3.20. The van der Waals surface area contributed by atoms with E-state index >= 15 is 0 Å². The minimum atomic E-state index is -0.126. The lowest BCUT2D eigenvalue weighted by Gasteiger charge is -2.24. The predicted molar refractivity (Wildman–Crippen MR) is 99.3 cm³/mol. The summed E-state index contributed by atoms with van der Waals surface area (Å²) in [5.41, 5.74) is 2.23. The van der Waals surface area contributed by atoms with Gasteiger partial charge < -0.3 is 10.2 Å². The third-order valence-electron chi connectivity index (χ3n) is 4.47. The van der Waals surface area contributed by atoms with E-state index in [0.29, 0.717) is 24.0 Å². The van der Waals surface area contributed by atoms with Gasteiger partial charge in [-0.25, -0.2) is 19.9 Å². The first-order valence-electron chi connectivity index (χ1n) is 8.80. The van der Waals surface area contributed by atoms with Gasteiger partial charge in [-0.3, -0.25) is 9.78 Å². The van der Waals surface area contributed by atoms with Gasteiger partial charge in [-0.2, -0.15) is 0 Å².